The summed E-state index contributed by atoms with van der Waals surface area (Å²) in [5.41, 5.74) is 2.57. The number of carboxylic acid groups (broad SMARTS) is 1. The zero-order valence-electron chi connectivity index (χ0n) is 23.9. The zero-order chi connectivity index (χ0) is 31.3. The van der Waals surface area contributed by atoms with E-state index in [1.807, 2.05) is 54.6 Å². The van der Waals surface area contributed by atoms with Crippen LogP contribution in [-0.4, -0.2) is 88.0 Å². The topological polar surface area (TPSA) is 164 Å². The van der Waals surface area contributed by atoms with Crippen LogP contribution in [0.1, 0.15) is 12.2 Å². The monoisotopic (exact) mass is 643 g/mol. The average Bonchev–Trinajstić information content (AvgIpc) is 3.81. The summed E-state index contributed by atoms with van der Waals surface area (Å²) in [5, 5.41) is 12.4. The van der Waals surface area contributed by atoms with Gasteiger partial charge in [-0.05, 0) is 42.3 Å². The fourth-order valence-electron chi connectivity index (χ4n) is 5.30. The van der Waals surface area contributed by atoms with Crippen molar-refractivity contribution in [3.05, 3.63) is 102 Å². The summed E-state index contributed by atoms with van der Waals surface area (Å²) < 4.78 is 0. The van der Waals surface area contributed by atoms with Crippen molar-refractivity contribution in [2.45, 2.75) is 29.3 Å². The number of rotatable bonds is 8. The number of carbonyl (C=O) groups is 4. The summed E-state index contributed by atoms with van der Waals surface area (Å²) in [5.74, 6) is -0.769. The number of H-pyrrole nitrogens is 2. The van der Waals surface area contributed by atoms with Crippen molar-refractivity contribution in [3.8, 4) is 0 Å². The number of amides is 2. The number of benzene rings is 2. The molecule has 3 aliphatic rings. The van der Waals surface area contributed by atoms with Gasteiger partial charge < -0.3 is 20.0 Å². The van der Waals surface area contributed by atoms with Crippen molar-refractivity contribution in [2.75, 3.05) is 18.8 Å². The van der Waals surface area contributed by atoms with E-state index in [4.69, 9.17) is 0 Å². The molecule has 3 aliphatic heterocycles. The molecule has 2 atom stereocenters. The Labute approximate surface area is 266 Å². The van der Waals surface area contributed by atoms with Crippen LogP contribution in [0.4, 0.5) is 0 Å². The van der Waals surface area contributed by atoms with Gasteiger partial charge >= 0.3 is 5.97 Å². The molecule has 7 rings (SSSR count). The first-order valence-corrected chi connectivity index (χ1v) is 16.0. The quantitative estimate of drug-likeness (QED) is 0.127. The fraction of sp³-hybridized carbons (Fsp3) is 0.226. The first kappa shape index (κ1) is 30.4. The Kier molecular flexibility index (Phi) is 9.14. The van der Waals surface area contributed by atoms with Crippen molar-refractivity contribution in [1.29, 1.82) is 0 Å². The van der Waals surface area contributed by atoms with Gasteiger partial charge in [0.15, 0.2) is 0 Å². The molecule has 2 aromatic heterocycles. The van der Waals surface area contributed by atoms with Gasteiger partial charge in [-0.2, -0.15) is 0 Å². The summed E-state index contributed by atoms with van der Waals surface area (Å²) in [6.07, 6.45) is 7.19. The number of fused-ring (bicyclic) bond motifs is 2. The Balaban J connectivity index is 0.000000652. The highest BCUT2D eigenvalue weighted by Crippen LogP contribution is 2.41. The second-order valence-electron chi connectivity index (χ2n) is 10.3. The van der Waals surface area contributed by atoms with Gasteiger partial charge in [0.05, 0.1) is 30.5 Å². The van der Waals surface area contributed by atoms with Crippen molar-refractivity contribution in [3.63, 3.8) is 0 Å². The van der Waals surface area contributed by atoms with Crippen LogP contribution < -0.4 is 5.32 Å². The highest BCUT2D eigenvalue weighted by atomic mass is 32.2. The lowest BCUT2D eigenvalue weighted by Crippen LogP contribution is -2.70. The summed E-state index contributed by atoms with van der Waals surface area (Å²) >= 11 is 2.51. The van der Waals surface area contributed by atoms with E-state index in [-0.39, 0.29) is 23.3 Å². The maximum atomic E-state index is 13.1. The second-order valence-corrected chi connectivity index (χ2v) is 12.6. The molecule has 2 saturated heterocycles. The number of hydrogen-bond donors (Lipinski definition) is 4. The van der Waals surface area contributed by atoms with E-state index in [2.05, 4.69) is 25.3 Å². The van der Waals surface area contributed by atoms with E-state index in [0.717, 1.165) is 27.7 Å². The zero-order valence-corrected chi connectivity index (χ0v) is 25.5. The number of carboxylic acids is 1. The van der Waals surface area contributed by atoms with E-state index in [0.29, 0.717) is 42.2 Å². The number of allylic oxidation sites excluding steroid dienone is 1. The highest BCUT2D eigenvalue weighted by molar-refractivity contribution is 8.13. The van der Waals surface area contributed by atoms with Crippen LogP contribution >= 0.6 is 23.5 Å². The first-order valence-electron chi connectivity index (χ1n) is 14.2. The van der Waals surface area contributed by atoms with E-state index in [1.54, 1.807) is 29.7 Å². The molecule has 2 aromatic carbocycles. The van der Waals surface area contributed by atoms with Crippen LogP contribution in [0.5, 0.6) is 0 Å². The molecule has 5 heterocycles. The third-order valence-corrected chi connectivity index (χ3v) is 9.57. The summed E-state index contributed by atoms with van der Waals surface area (Å²) in [6.45, 7) is 0.808. The van der Waals surface area contributed by atoms with Gasteiger partial charge in [0.2, 0.25) is 16.9 Å². The third kappa shape index (κ3) is 6.72. The van der Waals surface area contributed by atoms with Crippen LogP contribution in [0.25, 0.3) is 11.0 Å². The minimum atomic E-state index is -1.22. The Morgan fingerprint density at radius 1 is 1.13 bits per heavy atom. The maximum Gasteiger partial charge on any atom is 0.352 e. The molecule has 0 aliphatic carbocycles. The van der Waals surface area contributed by atoms with Crippen LogP contribution in [0.15, 0.2) is 101 Å². The average molecular weight is 644 g/mol. The summed E-state index contributed by atoms with van der Waals surface area (Å²) in [7, 11) is 0. The van der Waals surface area contributed by atoms with Gasteiger partial charge in [-0.1, -0.05) is 42.1 Å². The number of thioether (sulfide) groups is 2. The van der Waals surface area contributed by atoms with Gasteiger partial charge in [-0.3, -0.25) is 24.6 Å². The van der Waals surface area contributed by atoms with Crippen molar-refractivity contribution < 1.29 is 24.3 Å². The molecule has 0 radical (unpaired) electrons. The van der Waals surface area contributed by atoms with Crippen LogP contribution in [0.3, 0.4) is 0 Å². The molecule has 0 bridgehead atoms. The molecular formula is C31H29N7O5S2. The minimum absolute atomic E-state index is 0.0144. The summed E-state index contributed by atoms with van der Waals surface area (Å²) in [6, 6.07) is 16.2. The maximum absolute atomic E-state index is 13.1. The lowest BCUT2D eigenvalue weighted by atomic mass is 10.0. The van der Waals surface area contributed by atoms with Crippen molar-refractivity contribution in [2.24, 2.45) is 0 Å². The van der Waals surface area contributed by atoms with E-state index in [9.17, 15) is 24.3 Å². The predicted octanol–water partition coefficient (Wildman–Crippen LogP) is 3.16. The molecule has 12 nitrogen and oxygen atoms in total. The number of aromatic amines is 2. The Morgan fingerprint density at radius 3 is 2.64 bits per heavy atom. The number of hydrogen-bond acceptors (Lipinski definition) is 9. The first-order chi connectivity index (χ1) is 21.9. The number of imidazole rings is 2. The van der Waals surface area contributed by atoms with E-state index in [1.165, 1.54) is 16.7 Å². The lowest BCUT2D eigenvalue weighted by Gasteiger charge is -2.49. The van der Waals surface area contributed by atoms with Crippen LogP contribution in [-0.2, 0) is 25.7 Å². The van der Waals surface area contributed by atoms with Crippen LogP contribution in [0, 0.1) is 0 Å². The lowest BCUT2D eigenvalue weighted by molar-refractivity contribution is -0.149. The Hall–Kier alpha value is -4.66. The highest BCUT2D eigenvalue weighted by Gasteiger charge is 2.53. The number of carbonyl (C=O) groups excluding carboxylic acids is 3. The second kappa shape index (κ2) is 13.5. The van der Waals surface area contributed by atoms with Gasteiger partial charge in [-0.15, -0.1) is 11.8 Å². The van der Waals surface area contributed by atoms with Crippen molar-refractivity contribution in [1.82, 2.24) is 35.1 Å². The minimum Gasteiger partial charge on any atom is -0.477 e. The Morgan fingerprint density at radius 2 is 1.93 bits per heavy atom. The molecular weight excluding hydrogens is 615 g/mol. The number of likely N-dealkylation sites (tertiary alicyclic amines) is 1. The molecule has 4 N–H and O–H groups in total. The third-order valence-electron chi connectivity index (χ3n) is 7.39. The molecule has 2 fully saturated rings. The predicted molar refractivity (Wildman–Crippen MR) is 170 cm³/mol. The van der Waals surface area contributed by atoms with Gasteiger partial charge in [0, 0.05) is 35.2 Å². The number of para-hydroxylation sites is 2. The molecule has 230 valence electrons. The standard InChI is InChI=1S/C28H25N5O5S2.C3H4N2/c34-22(40-18-6-2-1-3-7-18)13-29-23-26(36)33-24(28(37)38)17(15-39-27(23)33)12-16-10-11-32(25(16)35)14-21-30-19-8-4-5-9-20(19)31-21;1-2-5-3-4-1/h1-9,12,23,27,29H,10-11,13-15H2,(H,30,31)(H,37,38);1-3H,(H,4,5)/t23-,27-;/m1./s1. The summed E-state index contributed by atoms with van der Waals surface area (Å²) in [4.78, 5) is 68.7. The van der Waals surface area contributed by atoms with Crippen molar-refractivity contribution >= 4 is 57.5 Å². The van der Waals surface area contributed by atoms with Crippen LogP contribution in [0.2, 0.25) is 0 Å². The number of nitrogens with zero attached hydrogens (tertiary/aromatic N) is 4. The smallest absolute Gasteiger partial charge is 0.352 e. The molecule has 14 heteroatoms. The molecule has 0 spiro atoms. The van der Waals surface area contributed by atoms with Gasteiger partial charge in [0.25, 0.3) is 0 Å². The molecule has 0 unspecified atom stereocenters. The Bertz CT molecular complexity index is 1740. The van der Waals surface area contributed by atoms with E-state index < -0.39 is 23.3 Å². The number of aromatic nitrogens is 4. The molecule has 0 saturated carbocycles. The molecule has 4 aromatic rings. The van der Waals surface area contributed by atoms with E-state index >= 15 is 0 Å². The SMILES string of the molecule is O=C(CN[C@@H]1C(=O)N2C(C(=O)O)=C(C=C3CCN(Cc4nc5ccccc5[nH]4)C3=O)CS[C@H]12)Sc1ccccc1.c1c[nH]cn1. The molecule has 2 amide bonds. The molecule has 45 heavy (non-hydrogen) atoms. The number of β-lactam (4-membered cyclic amide) rings is 1. The normalized spacial score (nSPS) is 20.2. The van der Waals surface area contributed by atoms with Gasteiger partial charge in [-0.25, -0.2) is 14.8 Å². The number of nitrogens with one attached hydrogen (secondary N) is 3. The largest absolute Gasteiger partial charge is 0.477 e. The number of aliphatic carboxylic acids is 1. The van der Waals surface area contributed by atoms with Gasteiger partial charge in [0.1, 0.15) is 22.9 Å². The fourth-order valence-corrected chi connectivity index (χ4v) is 7.34.